The molecular weight excluding hydrogens is 230 g/mol. The van der Waals surface area contributed by atoms with Gasteiger partial charge in [0.2, 0.25) is 0 Å². The first kappa shape index (κ1) is 8.44. The Labute approximate surface area is 84.4 Å². The second-order valence-corrected chi connectivity index (χ2v) is 3.42. The minimum absolute atomic E-state index is 0.779. The van der Waals surface area contributed by atoms with Crippen molar-refractivity contribution in [2.75, 3.05) is 0 Å². The summed E-state index contributed by atoms with van der Waals surface area (Å²) in [5, 5.41) is 0. The third kappa shape index (κ3) is 1.95. The molecule has 3 nitrogen and oxygen atoms in total. The van der Waals surface area contributed by atoms with Gasteiger partial charge in [-0.3, -0.25) is 0 Å². The molecule has 0 saturated carbocycles. The third-order valence-corrected chi connectivity index (χ3v) is 2.46. The van der Waals surface area contributed by atoms with Crippen LogP contribution in [-0.2, 0) is 6.42 Å². The first-order chi connectivity index (χ1) is 6.36. The van der Waals surface area contributed by atoms with Crippen LogP contribution in [0, 0.1) is 0 Å². The van der Waals surface area contributed by atoms with Crippen molar-refractivity contribution in [1.29, 1.82) is 0 Å². The summed E-state index contributed by atoms with van der Waals surface area (Å²) in [6.07, 6.45) is 6.11. The number of aromatic amines is 1. The van der Waals surface area contributed by atoms with Crippen molar-refractivity contribution in [3.8, 4) is 0 Å². The second kappa shape index (κ2) is 3.70. The summed E-state index contributed by atoms with van der Waals surface area (Å²) < 4.78 is 0.881. The molecule has 2 heterocycles. The van der Waals surface area contributed by atoms with Gasteiger partial charge >= 0.3 is 0 Å². The van der Waals surface area contributed by atoms with Crippen LogP contribution in [0.3, 0.4) is 0 Å². The summed E-state index contributed by atoms with van der Waals surface area (Å²) in [5.41, 5.74) is 1.14. The van der Waals surface area contributed by atoms with E-state index in [0.717, 1.165) is 22.4 Å². The smallest absolute Gasteiger partial charge is 0.110 e. The van der Waals surface area contributed by atoms with Gasteiger partial charge in [0.15, 0.2) is 0 Å². The number of nitrogens with zero attached hydrogens (tertiary/aromatic N) is 2. The Morgan fingerprint density at radius 1 is 1.31 bits per heavy atom. The number of imidazole rings is 1. The van der Waals surface area contributed by atoms with E-state index in [1.165, 1.54) is 0 Å². The van der Waals surface area contributed by atoms with Crippen LogP contribution in [0.15, 0.2) is 35.3 Å². The molecule has 0 aliphatic heterocycles. The molecule has 0 atom stereocenters. The van der Waals surface area contributed by atoms with Crippen LogP contribution in [0.2, 0.25) is 0 Å². The van der Waals surface area contributed by atoms with Crippen molar-refractivity contribution in [3.63, 3.8) is 0 Å². The molecule has 0 saturated heterocycles. The predicted molar refractivity (Wildman–Crippen MR) is 53.3 cm³/mol. The summed E-state index contributed by atoms with van der Waals surface area (Å²) in [6.45, 7) is 0. The summed E-state index contributed by atoms with van der Waals surface area (Å²) >= 11 is 3.39. The quantitative estimate of drug-likeness (QED) is 0.814. The maximum Gasteiger partial charge on any atom is 0.110 e. The molecule has 2 aromatic heterocycles. The lowest BCUT2D eigenvalue weighted by atomic mass is 10.2. The highest BCUT2D eigenvalue weighted by molar-refractivity contribution is 9.10. The molecule has 0 spiro atoms. The number of nitrogens with one attached hydrogen (secondary N) is 1. The third-order valence-electron chi connectivity index (χ3n) is 1.75. The SMILES string of the molecule is Brc1ncccc1Cc1ncc[nH]1. The fraction of sp³-hybridized carbons (Fsp3) is 0.111. The zero-order chi connectivity index (χ0) is 9.10. The molecule has 0 aromatic carbocycles. The lowest BCUT2D eigenvalue weighted by Crippen LogP contribution is -1.92. The van der Waals surface area contributed by atoms with E-state index in [2.05, 4.69) is 30.9 Å². The molecule has 0 fully saturated rings. The van der Waals surface area contributed by atoms with E-state index in [1.54, 1.807) is 12.4 Å². The van der Waals surface area contributed by atoms with E-state index < -0.39 is 0 Å². The molecular formula is C9H8BrN3. The van der Waals surface area contributed by atoms with E-state index in [0.29, 0.717) is 0 Å². The highest BCUT2D eigenvalue weighted by Gasteiger charge is 2.02. The van der Waals surface area contributed by atoms with Crippen LogP contribution >= 0.6 is 15.9 Å². The Kier molecular flexibility index (Phi) is 2.40. The van der Waals surface area contributed by atoms with E-state index in [9.17, 15) is 0 Å². The first-order valence-corrected chi connectivity index (χ1v) is 4.73. The van der Waals surface area contributed by atoms with Crippen molar-refractivity contribution < 1.29 is 0 Å². The monoisotopic (exact) mass is 237 g/mol. The summed E-state index contributed by atoms with van der Waals surface area (Å²) in [4.78, 5) is 11.3. The van der Waals surface area contributed by atoms with Gasteiger partial charge in [-0.2, -0.15) is 0 Å². The second-order valence-electron chi connectivity index (χ2n) is 2.67. The number of hydrogen-bond donors (Lipinski definition) is 1. The van der Waals surface area contributed by atoms with Crippen LogP contribution in [0.5, 0.6) is 0 Å². The standard InChI is InChI=1S/C9H8BrN3/c10-9-7(2-1-3-13-9)6-8-11-4-5-12-8/h1-5H,6H2,(H,11,12). The molecule has 2 aromatic rings. The Hall–Kier alpha value is -1.16. The Morgan fingerprint density at radius 3 is 2.92 bits per heavy atom. The minimum atomic E-state index is 0.779. The Bertz CT molecular complexity index is 384. The van der Waals surface area contributed by atoms with Gasteiger partial charge in [0.25, 0.3) is 0 Å². The van der Waals surface area contributed by atoms with E-state index >= 15 is 0 Å². The fourth-order valence-corrected chi connectivity index (χ4v) is 1.52. The van der Waals surface area contributed by atoms with Gasteiger partial charge in [0, 0.05) is 25.0 Å². The molecule has 0 aliphatic carbocycles. The molecule has 0 aliphatic rings. The molecule has 13 heavy (non-hydrogen) atoms. The lowest BCUT2D eigenvalue weighted by molar-refractivity contribution is 1.00. The van der Waals surface area contributed by atoms with Crippen molar-refractivity contribution in [2.24, 2.45) is 0 Å². The van der Waals surface area contributed by atoms with Gasteiger partial charge in [-0.1, -0.05) is 6.07 Å². The molecule has 1 N–H and O–H groups in total. The molecule has 0 bridgehead atoms. The minimum Gasteiger partial charge on any atom is -0.348 e. The summed E-state index contributed by atoms with van der Waals surface area (Å²) in [5.74, 6) is 0.953. The fourth-order valence-electron chi connectivity index (χ4n) is 1.13. The molecule has 4 heteroatoms. The van der Waals surface area contributed by atoms with E-state index in [4.69, 9.17) is 0 Å². The maximum absolute atomic E-state index is 4.15. The average molecular weight is 238 g/mol. The molecule has 0 unspecified atom stereocenters. The summed E-state index contributed by atoms with van der Waals surface area (Å²) in [7, 11) is 0. The van der Waals surface area contributed by atoms with Crippen molar-refractivity contribution >= 4 is 15.9 Å². The van der Waals surface area contributed by atoms with E-state index in [1.807, 2.05) is 18.3 Å². The number of H-pyrrole nitrogens is 1. The van der Waals surface area contributed by atoms with Crippen LogP contribution < -0.4 is 0 Å². The lowest BCUT2D eigenvalue weighted by Gasteiger charge is -1.99. The highest BCUT2D eigenvalue weighted by Crippen LogP contribution is 2.14. The topological polar surface area (TPSA) is 41.6 Å². The molecule has 0 amide bonds. The van der Waals surface area contributed by atoms with Gasteiger partial charge < -0.3 is 4.98 Å². The van der Waals surface area contributed by atoms with Crippen molar-refractivity contribution in [2.45, 2.75) is 6.42 Å². The Morgan fingerprint density at radius 2 is 2.23 bits per heavy atom. The number of hydrogen-bond acceptors (Lipinski definition) is 2. The predicted octanol–water partition coefficient (Wildman–Crippen LogP) is 2.16. The van der Waals surface area contributed by atoms with Crippen LogP contribution in [0.1, 0.15) is 11.4 Å². The zero-order valence-corrected chi connectivity index (χ0v) is 8.45. The van der Waals surface area contributed by atoms with Crippen LogP contribution in [0.4, 0.5) is 0 Å². The van der Waals surface area contributed by atoms with Gasteiger partial charge in [0.05, 0.1) is 0 Å². The normalized spacial score (nSPS) is 10.2. The maximum atomic E-state index is 4.15. The summed E-state index contributed by atoms with van der Waals surface area (Å²) in [6, 6.07) is 3.95. The first-order valence-electron chi connectivity index (χ1n) is 3.94. The highest BCUT2D eigenvalue weighted by atomic mass is 79.9. The van der Waals surface area contributed by atoms with E-state index in [-0.39, 0.29) is 0 Å². The number of aromatic nitrogens is 3. The van der Waals surface area contributed by atoms with Gasteiger partial charge in [0.1, 0.15) is 10.4 Å². The molecule has 66 valence electrons. The Balaban J connectivity index is 2.24. The number of pyridine rings is 1. The van der Waals surface area contributed by atoms with Crippen molar-refractivity contribution in [1.82, 2.24) is 15.0 Å². The molecule has 2 rings (SSSR count). The van der Waals surface area contributed by atoms with Gasteiger partial charge in [-0.05, 0) is 27.6 Å². The van der Waals surface area contributed by atoms with Crippen molar-refractivity contribution in [3.05, 3.63) is 46.7 Å². The van der Waals surface area contributed by atoms with Crippen LogP contribution in [-0.4, -0.2) is 15.0 Å². The average Bonchev–Trinajstić information content (AvgIpc) is 2.61. The number of rotatable bonds is 2. The van der Waals surface area contributed by atoms with Gasteiger partial charge in [-0.15, -0.1) is 0 Å². The molecule has 0 radical (unpaired) electrons. The zero-order valence-electron chi connectivity index (χ0n) is 6.87. The van der Waals surface area contributed by atoms with Crippen LogP contribution in [0.25, 0.3) is 0 Å². The largest absolute Gasteiger partial charge is 0.348 e. The van der Waals surface area contributed by atoms with Gasteiger partial charge in [-0.25, -0.2) is 9.97 Å². The number of halogens is 1.